The minimum absolute atomic E-state index is 0.0757. The maximum Gasteiger partial charge on any atom is 0.410 e. The molecule has 1 atom stereocenters. The van der Waals surface area contributed by atoms with E-state index in [1.54, 1.807) is 11.0 Å². The van der Waals surface area contributed by atoms with E-state index in [9.17, 15) is 4.79 Å². The molecule has 1 aromatic rings. The first-order valence-corrected chi connectivity index (χ1v) is 10.1. The summed E-state index contributed by atoms with van der Waals surface area (Å²) in [6.07, 6.45) is -0.315. The van der Waals surface area contributed by atoms with Crippen LogP contribution in [-0.4, -0.2) is 89.6 Å². The minimum Gasteiger partial charge on any atom is -0.444 e. The molecule has 11 nitrogen and oxygen atoms in total. The number of nitrogens with two attached hydrogens (primary N) is 1. The summed E-state index contributed by atoms with van der Waals surface area (Å²) >= 11 is 0. The molecular formula is C19H31N7O4. The third-order valence-electron chi connectivity index (χ3n) is 4.95. The second-order valence-electron chi connectivity index (χ2n) is 8.47. The molecule has 0 bridgehead atoms. The van der Waals surface area contributed by atoms with E-state index in [0.717, 1.165) is 0 Å². The monoisotopic (exact) mass is 421 g/mol. The zero-order chi connectivity index (χ0) is 21.9. The second kappa shape index (κ2) is 8.90. The SMILES string of the molecule is C[C@H]1COCCN1c1nc(/C(N)=N/O)cc(N2CCN(C(=O)OC(C)(C)C)CC2)n1. The van der Waals surface area contributed by atoms with Crippen LogP contribution in [0.1, 0.15) is 33.4 Å². The molecule has 166 valence electrons. The number of oxime groups is 1. The quantitative estimate of drug-likeness (QED) is 0.316. The van der Waals surface area contributed by atoms with Gasteiger partial charge in [-0.2, -0.15) is 4.98 Å². The fourth-order valence-electron chi connectivity index (χ4n) is 3.36. The van der Waals surface area contributed by atoms with Crippen molar-refractivity contribution < 1.29 is 19.5 Å². The molecule has 11 heteroatoms. The van der Waals surface area contributed by atoms with Crippen molar-refractivity contribution >= 4 is 23.7 Å². The van der Waals surface area contributed by atoms with Crippen LogP contribution in [0.3, 0.4) is 0 Å². The predicted octanol–water partition coefficient (Wildman–Crippen LogP) is 0.853. The number of amidine groups is 1. The van der Waals surface area contributed by atoms with Crippen LogP contribution >= 0.6 is 0 Å². The number of carbonyl (C=O) groups excluding carboxylic acids is 1. The first-order chi connectivity index (χ1) is 14.2. The molecule has 2 saturated heterocycles. The Morgan fingerprint density at radius 1 is 1.27 bits per heavy atom. The van der Waals surface area contributed by atoms with E-state index in [1.807, 2.05) is 27.7 Å². The Balaban J connectivity index is 1.78. The van der Waals surface area contributed by atoms with Crippen LogP contribution in [0.25, 0.3) is 0 Å². The van der Waals surface area contributed by atoms with Crippen LogP contribution in [-0.2, 0) is 9.47 Å². The van der Waals surface area contributed by atoms with Gasteiger partial charge in [0, 0.05) is 38.8 Å². The average Bonchev–Trinajstić information content (AvgIpc) is 2.72. The van der Waals surface area contributed by atoms with Gasteiger partial charge < -0.3 is 35.1 Å². The summed E-state index contributed by atoms with van der Waals surface area (Å²) in [5.74, 6) is 1.11. The molecule has 3 heterocycles. The van der Waals surface area contributed by atoms with Crippen LogP contribution in [0.2, 0.25) is 0 Å². The number of hydrogen-bond donors (Lipinski definition) is 2. The molecule has 1 amide bonds. The van der Waals surface area contributed by atoms with E-state index in [2.05, 4.69) is 19.9 Å². The van der Waals surface area contributed by atoms with Crippen LogP contribution in [0.5, 0.6) is 0 Å². The number of morpholine rings is 1. The third kappa shape index (κ3) is 5.21. The third-order valence-corrected chi connectivity index (χ3v) is 4.95. The molecule has 0 radical (unpaired) electrons. The number of amides is 1. The van der Waals surface area contributed by atoms with E-state index in [1.165, 1.54) is 0 Å². The molecule has 2 aliphatic rings. The first-order valence-electron chi connectivity index (χ1n) is 10.1. The number of piperazine rings is 1. The van der Waals surface area contributed by atoms with E-state index in [0.29, 0.717) is 63.4 Å². The molecule has 0 unspecified atom stereocenters. The Hall–Kier alpha value is -2.82. The smallest absolute Gasteiger partial charge is 0.410 e. The van der Waals surface area contributed by atoms with Gasteiger partial charge in [0.1, 0.15) is 17.1 Å². The molecule has 3 rings (SSSR count). The summed E-state index contributed by atoms with van der Waals surface area (Å²) in [4.78, 5) is 27.3. The number of nitrogens with zero attached hydrogens (tertiary/aromatic N) is 6. The second-order valence-corrected chi connectivity index (χ2v) is 8.47. The number of rotatable bonds is 3. The molecule has 3 N–H and O–H groups in total. The largest absolute Gasteiger partial charge is 0.444 e. The van der Waals surface area contributed by atoms with Gasteiger partial charge in [-0.3, -0.25) is 0 Å². The van der Waals surface area contributed by atoms with Gasteiger partial charge in [-0.05, 0) is 27.7 Å². The van der Waals surface area contributed by atoms with Gasteiger partial charge in [0.05, 0.1) is 19.3 Å². The zero-order valence-corrected chi connectivity index (χ0v) is 18.0. The number of ether oxygens (including phenoxy) is 2. The van der Waals surface area contributed by atoms with E-state index in [4.69, 9.17) is 25.4 Å². The number of carbonyl (C=O) groups is 1. The van der Waals surface area contributed by atoms with Crippen molar-refractivity contribution in [3.8, 4) is 0 Å². The lowest BCUT2D eigenvalue weighted by Gasteiger charge is -2.37. The maximum absolute atomic E-state index is 12.3. The summed E-state index contributed by atoms with van der Waals surface area (Å²) in [5.41, 5.74) is 5.65. The number of aromatic nitrogens is 2. The Bertz CT molecular complexity index is 788. The van der Waals surface area contributed by atoms with Crippen LogP contribution in [0, 0.1) is 0 Å². The normalized spacial score (nSPS) is 21.0. The van der Waals surface area contributed by atoms with Gasteiger partial charge in [0.2, 0.25) is 5.95 Å². The first kappa shape index (κ1) is 21.9. The molecule has 0 spiro atoms. The molecule has 2 aliphatic heterocycles. The van der Waals surface area contributed by atoms with Crippen molar-refractivity contribution in [2.24, 2.45) is 10.9 Å². The highest BCUT2D eigenvalue weighted by molar-refractivity contribution is 5.96. The Morgan fingerprint density at radius 2 is 1.97 bits per heavy atom. The number of anilines is 2. The Morgan fingerprint density at radius 3 is 2.57 bits per heavy atom. The van der Waals surface area contributed by atoms with Gasteiger partial charge in [-0.15, -0.1) is 0 Å². The molecule has 0 saturated carbocycles. The van der Waals surface area contributed by atoms with Crippen LogP contribution in [0.15, 0.2) is 11.2 Å². The van der Waals surface area contributed by atoms with Gasteiger partial charge >= 0.3 is 6.09 Å². The van der Waals surface area contributed by atoms with Gasteiger partial charge in [0.15, 0.2) is 5.84 Å². The fraction of sp³-hybridized carbons (Fsp3) is 0.684. The Kier molecular flexibility index (Phi) is 6.49. The van der Waals surface area contributed by atoms with Crippen LogP contribution < -0.4 is 15.5 Å². The average molecular weight is 422 g/mol. The summed E-state index contributed by atoms with van der Waals surface area (Å²) in [5, 5.41) is 12.2. The summed E-state index contributed by atoms with van der Waals surface area (Å²) < 4.78 is 11.0. The minimum atomic E-state index is -0.527. The van der Waals surface area contributed by atoms with E-state index in [-0.39, 0.29) is 18.0 Å². The highest BCUT2D eigenvalue weighted by atomic mass is 16.6. The van der Waals surface area contributed by atoms with Crippen molar-refractivity contribution in [1.82, 2.24) is 14.9 Å². The predicted molar refractivity (Wildman–Crippen MR) is 112 cm³/mol. The highest BCUT2D eigenvalue weighted by Gasteiger charge is 2.28. The topological polar surface area (TPSA) is 130 Å². The molecular weight excluding hydrogens is 390 g/mol. The van der Waals surface area contributed by atoms with Gasteiger partial charge in [-0.1, -0.05) is 5.16 Å². The molecule has 0 aromatic carbocycles. The summed E-state index contributed by atoms with van der Waals surface area (Å²) in [6, 6.07) is 1.81. The Labute approximate surface area is 176 Å². The van der Waals surface area contributed by atoms with Crippen molar-refractivity contribution in [2.75, 3.05) is 55.7 Å². The lowest BCUT2D eigenvalue weighted by atomic mass is 10.2. The van der Waals surface area contributed by atoms with Crippen molar-refractivity contribution in [2.45, 2.75) is 39.3 Å². The van der Waals surface area contributed by atoms with Crippen molar-refractivity contribution in [3.05, 3.63) is 11.8 Å². The lowest BCUT2D eigenvalue weighted by Crippen LogP contribution is -2.50. The molecule has 2 fully saturated rings. The van der Waals surface area contributed by atoms with Gasteiger partial charge in [-0.25, -0.2) is 9.78 Å². The molecule has 1 aromatic heterocycles. The standard InChI is InChI=1S/C19H31N7O4/c1-13-12-29-10-9-26(13)17-21-14(16(20)23-28)11-15(22-17)24-5-7-25(8-6-24)18(27)30-19(2,3)4/h11,13,28H,5-10,12H2,1-4H3,(H2,20,23)/t13-/m0/s1. The zero-order valence-electron chi connectivity index (χ0n) is 18.0. The highest BCUT2D eigenvalue weighted by Crippen LogP contribution is 2.22. The maximum atomic E-state index is 12.3. The fourth-order valence-corrected chi connectivity index (χ4v) is 3.36. The van der Waals surface area contributed by atoms with Crippen LogP contribution in [0.4, 0.5) is 16.6 Å². The van der Waals surface area contributed by atoms with Gasteiger partial charge in [0.25, 0.3) is 0 Å². The summed E-state index contributed by atoms with van der Waals surface area (Å²) in [7, 11) is 0. The number of hydrogen-bond acceptors (Lipinski definition) is 9. The van der Waals surface area contributed by atoms with Crippen molar-refractivity contribution in [3.63, 3.8) is 0 Å². The van der Waals surface area contributed by atoms with E-state index < -0.39 is 5.60 Å². The molecule has 30 heavy (non-hydrogen) atoms. The van der Waals surface area contributed by atoms with E-state index >= 15 is 0 Å². The molecule has 0 aliphatic carbocycles. The summed E-state index contributed by atoms with van der Waals surface area (Å²) in [6.45, 7) is 11.6. The lowest BCUT2D eigenvalue weighted by molar-refractivity contribution is 0.0240. The van der Waals surface area contributed by atoms with Crippen molar-refractivity contribution in [1.29, 1.82) is 0 Å².